The standard InChI is InChI=1S/C11H13BrClNO3S2/c1-6(2)7-3-9(15)14(5-7)19(16,17)10-4-8(13)11(12)18-10/h4,6-7H,3,5H2,1-2H3. The number of hydrogen-bond donors (Lipinski definition) is 0. The molecule has 106 valence electrons. The molecule has 0 bridgehead atoms. The number of hydrogen-bond acceptors (Lipinski definition) is 4. The Morgan fingerprint density at radius 1 is 1.53 bits per heavy atom. The lowest BCUT2D eigenvalue weighted by Crippen LogP contribution is -2.32. The second-order valence-electron chi connectivity index (χ2n) is 4.83. The molecular weight excluding hydrogens is 374 g/mol. The van der Waals surface area contributed by atoms with Gasteiger partial charge in [-0.05, 0) is 33.8 Å². The minimum absolute atomic E-state index is 0.0844. The Morgan fingerprint density at radius 2 is 2.16 bits per heavy atom. The van der Waals surface area contributed by atoms with Crippen LogP contribution in [0.15, 0.2) is 14.1 Å². The summed E-state index contributed by atoms with van der Waals surface area (Å²) in [4.78, 5) is 11.9. The van der Waals surface area contributed by atoms with Gasteiger partial charge in [0.15, 0.2) is 0 Å². The van der Waals surface area contributed by atoms with Gasteiger partial charge in [-0.15, -0.1) is 11.3 Å². The van der Waals surface area contributed by atoms with Crippen LogP contribution in [0.3, 0.4) is 0 Å². The maximum atomic E-state index is 12.4. The Bertz CT molecular complexity index is 592. The zero-order valence-electron chi connectivity index (χ0n) is 10.4. The van der Waals surface area contributed by atoms with Gasteiger partial charge in [-0.25, -0.2) is 12.7 Å². The van der Waals surface area contributed by atoms with E-state index < -0.39 is 10.0 Å². The lowest BCUT2D eigenvalue weighted by Gasteiger charge is -2.17. The molecule has 1 fully saturated rings. The van der Waals surface area contributed by atoms with E-state index in [1.54, 1.807) is 0 Å². The Labute approximate surface area is 129 Å². The Hall–Kier alpha value is -0.110. The maximum absolute atomic E-state index is 12.4. The smallest absolute Gasteiger partial charge is 0.274 e. The van der Waals surface area contributed by atoms with E-state index >= 15 is 0 Å². The zero-order valence-corrected chi connectivity index (χ0v) is 14.4. The molecule has 1 unspecified atom stereocenters. The fraction of sp³-hybridized carbons (Fsp3) is 0.545. The number of carbonyl (C=O) groups is 1. The van der Waals surface area contributed by atoms with Gasteiger partial charge < -0.3 is 0 Å². The molecule has 1 atom stereocenters. The largest absolute Gasteiger partial charge is 0.276 e. The molecule has 0 N–H and O–H groups in total. The van der Waals surface area contributed by atoms with E-state index in [1.165, 1.54) is 6.07 Å². The van der Waals surface area contributed by atoms with Gasteiger partial charge in [0.1, 0.15) is 4.21 Å². The molecular formula is C11H13BrClNO3S2. The van der Waals surface area contributed by atoms with E-state index in [1.807, 2.05) is 13.8 Å². The normalized spacial score (nSPS) is 20.6. The summed E-state index contributed by atoms with van der Waals surface area (Å²) < 4.78 is 26.5. The molecule has 1 aliphatic rings. The molecule has 0 aliphatic carbocycles. The van der Waals surface area contributed by atoms with Gasteiger partial charge in [0.05, 0.1) is 8.81 Å². The molecule has 8 heteroatoms. The van der Waals surface area contributed by atoms with Crippen molar-refractivity contribution in [1.82, 2.24) is 4.31 Å². The molecule has 1 aliphatic heterocycles. The predicted octanol–water partition coefficient (Wildman–Crippen LogP) is 3.36. The van der Waals surface area contributed by atoms with Gasteiger partial charge in [-0.2, -0.15) is 0 Å². The molecule has 2 heterocycles. The van der Waals surface area contributed by atoms with Crippen molar-refractivity contribution in [3.8, 4) is 0 Å². The van der Waals surface area contributed by atoms with Crippen molar-refractivity contribution in [2.24, 2.45) is 11.8 Å². The van der Waals surface area contributed by atoms with Gasteiger partial charge in [0.2, 0.25) is 5.91 Å². The third kappa shape index (κ3) is 2.84. The quantitative estimate of drug-likeness (QED) is 0.800. The third-order valence-electron chi connectivity index (χ3n) is 3.23. The topological polar surface area (TPSA) is 54.5 Å². The van der Waals surface area contributed by atoms with Crippen molar-refractivity contribution < 1.29 is 13.2 Å². The van der Waals surface area contributed by atoms with Gasteiger partial charge in [-0.1, -0.05) is 25.4 Å². The molecule has 1 amide bonds. The number of nitrogens with zero attached hydrogens (tertiary/aromatic N) is 1. The van der Waals surface area contributed by atoms with Crippen LogP contribution >= 0.6 is 38.9 Å². The van der Waals surface area contributed by atoms with Crippen LogP contribution in [0.1, 0.15) is 20.3 Å². The molecule has 1 saturated heterocycles. The van der Waals surface area contributed by atoms with Crippen LogP contribution in [-0.4, -0.2) is 25.2 Å². The molecule has 19 heavy (non-hydrogen) atoms. The summed E-state index contributed by atoms with van der Waals surface area (Å²) in [6, 6.07) is 1.38. The number of thiophene rings is 1. The van der Waals surface area contributed by atoms with Gasteiger partial charge in [-0.3, -0.25) is 4.79 Å². The van der Waals surface area contributed by atoms with Crippen molar-refractivity contribution in [3.63, 3.8) is 0 Å². The van der Waals surface area contributed by atoms with Gasteiger partial charge in [0, 0.05) is 13.0 Å². The fourth-order valence-corrected chi connectivity index (χ4v) is 5.93. The number of amides is 1. The highest BCUT2D eigenvalue weighted by Crippen LogP contribution is 2.38. The summed E-state index contributed by atoms with van der Waals surface area (Å²) in [6.07, 6.45) is 0.289. The number of carbonyl (C=O) groups excluding carboxylic acids is 1. The van der Waals surface area contributed by atoms with E-state index in [2.05, 4.69) is 15.9 Å². The van der Waals surface area contributed by atoms with Crippen LogP contribution in [0.2, 0.25) is 5.02 Å². The SMILES string of the molecule is CC(C)C1CC(=O)N(S(=O)(=O)c2cc(Cl)c(Br)s2)C1. The second-order valence-corrected chi connectivity index (χ2v) is 9.69. The van der Waals surface area contributed by atoms with Crippen molar-refractivity contribution in [1.29, 1.82) is 0 Å². The van der Waals surface area contributed by atoms with E-state index in [0.717, 1.165) is 15.6 Å². The van der Waals surface area contributed by atoms with Gasteiger partial charge in [0.25, 0.3) is 10.0 Å². The molecule has 0 saturated carbocycles. The van der Waals surface area contributed by atoms with Crippen LogP contribution in [0, 0.1) is 11.8 Å². The van der Waals surface area contributed by atoms with Crippen LogP contribution < -0.4 is 0 Å². The zero-order chi connectivity index (χ0) is 14.4. The second kappa shape index (κ2) is 5.35. The fourth-order valence-electron chi connectivity index (χ4n) is 1.95. The summed E-state index contributed by atoms with van der Waals surface area (Å²) in [5.41, 5.74) is 0. The molecule has 1 aromatic rings. The van der Waals surface area contributed by atoms with E-state index in [0.29, 0.717) is 8.81 Å². The minimum Gasteiger partial charge on any atom is -0.274 e. The number of rotatable bonds is 3. The molecule has 0 aromatic carbocycles. The van der Waals surface area contributed by atoms with E-state index in [9.17, 15) is 13.2 Å². The van der Waals surface area contributed by atoms with Crippen LogP contribution in [0.25, 0.3) is 0 Å². The molecule has 0 spiro atoms. The van der Waals surface area contributed by atoms with Crippen molar-refractivity contribution in [2.75, 3.05) is 6.54 Å². The summed E-state index contributed by atoms with van der Waals surface area (Å²) in [6.45, 7) is 4.24. The maximum Gasteiger partial charge on any atom is 0.276 e. The van der Waals surface area contributed by atoms with Crippen LogP contribution in [0.5, 0.6) is 0 Å². The summed E-state index contributed by atoms with van der Waals surface area (Å²) in [5.74, 6) is 0.0308. The highest BCUT2D eigenvalue weighted by Gasteiger charge is 2.40. The molecule has 4 nitrogen and oxygen atoms in total. The van der Waals surface area contributed by atoms with Crippen molar-refractivity contribution in [3.05, 3.63) is 14.9 Å². The van der Waals surface area contributed by atoms with E-state index in [-0.39, 0.29) is 34.9 Å². The highest BCUT2D eigenvalue weighted by molar-refractivity contribution is 9.11. The lowest BCUT2D eigenvalue weighted by molar-refractivity contribution is -0.123. The predicted molar refractivity (Wildman–Crippen MR) is 78.9 cm³/mol. The monoisotopic (exact) mass is 385 g/mol. The lowest BCUT2D eigenvalue weighted by atomic mass is 9.95. The molecule has 0 radical (unpaired) electrons. The van der Waals surface area contributed by atoms with E-state index in [4.69, 9.17) is 11.6 Å². The minimum atomic E-state index is -3.77. The third-order valence-corrected chi connectivity index (χ3v) is 7.94. The molecule has 1 aromatic heterocycles. The first-order valence-corrected chi connectivity index (χ1v) is 9.16. The van der Waals surface area contributed by atoms with Crippen molar-refractivity contribution in [2.45, 2.75) is 24.5 Å². The molecule has 2 rings (SSSR count). The van der Waals surface area contributed by atoms with Crippen LogP contribution in [0.4, 0.5) is 0 Å². The summed E-state index contributed by atoms with van der Waals surface area (Å²) >= 11 is 10.1. The number of sulfonamides is 1. The average Bonchev–Trinajstić information content (AvgIpc) is 2.84. The Kier molecular flexibility index (Phi) is 4.30. The summed E-state index contributed by atoms with van der Waals surface area (Å²) in [5, 5.41) is 0.343. The Balaban J connectivity index is 2.33. The first kappa shape index (κ1) is 15.3. The first-order chi connectivity index (χ1) is 8.73. The number of halogens is 2. The van der Waals surface area contributed by atoms with Crippen molar-refractivity contribution >= 4 is 54.8 Å². The average molecular weight is 387 g/mol. The highest BCUT2D eigenvalue weighted by atomic mass is 79.9. The Morgan fingerprint density at radius 3 is 2.58 bits per heavy atom. The first-order valence-electron chi connectivity index (χ1n) is 5.74. The van der Waals surface area contributed by atoms with Gasteiger partial charge >= 0.3 is 0 Å². The summed E-state index contributed by atoms with van der Waals surface area (Å²) in [7, 11) is -3.77. The van der Waals surface area contributed by atoms with Crippen LogP contribution in [-0.2, 0) is 14.8 Å².